The standard InChI is InChI=1S/C12H9N5O2S/c18-11(19)7-17-12(14-15-16-17)20-10-5-6-13-9-4-2-1-3-8(9)10/h1-6H,7H2,(H,18,19). The number of carboxylic acids is 1. The highest BCUT2D eigenvalue weighted by molar-refractivity contribution is 7.99. The molecule has 20 heavy (non-hydrogen) atoms. The minimum atomic E-state index is -0.987. The molecule has 0 spiro atoms. The van der Waals surface area contributed by atoms with Crippen molar-refractivity contribution >= 4 is 28.6 Å². The summed E-state index contributed by atoms with van der Waals surface area (Å²) in [5.74, 6) is -0.987. The molecule has 100 valence electrons. The van der Waals surface area contributed by atoms with E-state index in [1.54, 1.807) is 6.20 Å². The number of aromatic nitrogens is 5. The van der Waals surface area contributed by atoms with Gasteiger partial charge in [-0.15, -0.1) is 5.10 Å². The third-order valence-corrected chi connectivity index (χ3v) is 3.65. The highest BCUT2D eigenvalue weighted by atomic mass is 32.2. The molecule has 8 heteroatoms. The molecule has 0 aliphatic carbocycles. The molecule has 0 saturated carbocycles. The SMILES string of the molecule is O=C(O)Cn1nnnc1Sc1ccnc2ccccc12. The van der Waals surface area contributed by atoms with Gasteiger partial charge >= 0.3 is 5.97 Å². The largest absolute Gasteiger partial charge is 0.480 e. The van der Waals surface area contributed by atoms with Crippen molar-refractivity contribution in [3.05, 3.63) is 36.5 Å². The molecule has 0 atom stereocenters. The van der Waals surface area contributed by atoms with Gasteiger partial charge in [0.05, 0.1) is 5.52 Å². The first-order chi connectivity index (χ1) is 9.74. The summed E-state index contributed by atoms with van der Waals surface area (Å²) >= 11 is 1.32. The zero-order valence-corrected chi connectivity index (χ0v) is 11.0. The number of tetrazole rings is 1. The topological polar surface area (TPSA) is 93.8 Å². The van der Waals surface area contributed by atoms with Crippen molar-refractivity contribution < 1.29 is 9.90 Å². The van der Waals surface area contributed by atoms with Crippen LogP contribution < -0.4 is 0 Å². The van der Waals surface area contributed by atoms with Crippen LogP contribution in [0.5, 0.6) is 0 Å². The summed E-state index contributed by atoms with van der Waals surface area (Å²) in [5.41, 5.74) is 0.870. The number of pyridine rings is 1. The quantitative estimate of drug-likeness (QED) is 0.776. The number of hydrogen-bond acceptors (Lipinski definition) is 6. The summed E-state index contributed by atoms with van der Waals surface area (Å²) in [7, 11) is 0. The Morgan fingerprint density at radius 1 is 1.30 bits per heavy atom. The molecule has 3 rings (SSSR count). The Bertz CT molecular complexity index is 768. The molecule has 2 heterocycles. The average molecular weight is 287 g/mol. The first-order valence-electron chi connectivity index (χ1n) is 5.73. The van der Waals surface area contributed by atoms with Crippen LogP contribution in [-0.2, 0) is 11.3 Å². The van der Waals surface area contributed by atoms with Gasteiger partial charge < -0.3 is 5.11 Å². The molecule has 0 aliphatic rings. The van der Waals surface area contributed by atoms with Crippen LogP contribution in [-0.4, -0.2) is 36.3 Å². The number of hydrogen-bond donors (Lipinski definition) is 1. The summed E-state index contributed by atoms with van der Waals surface area (Å²) in [6.45, 7) is -0.266. The monoisotopic (exact) mass is 287 g/mol. The number of fused-ring (bicyclic) bond motifs is 1. The van der Waals surface area contributed by atoms with Gasteiger partial charge in [-0.25, -0.2) is 4.68 Å². The predicted molar refractivity (Wildman–Crippen MR) is 71.3 cm³/mol. The molecule has 0 saturated heterocycles. The van der Waals surface area contributed by atoms with E-state index < -0.39 is 5.97 Å². The molecule has 0 radical (unpaired) electrons. The van der Waals surface area contributed by atoms with Gasteiger partial charge in [-0.1, -0.05) is 18.2 Å². The Balaban J connectivity index is 1.98. The van der Waals surface area contributed by atoms with Gasteiger partial charge in [-0.3, -0.25) is 9.78 Å². The van der Waals surface area contributed by atoms with Crippen LogP contribution in [0.25, 0.3) is 10.9 Å². The summed E-state index contributed by atoms with van der Waals surface area (Å²) in [5, 5.41) is 21.3. The van der Waals surface area contributed by atoms with Crippen LogP contribution in [0.2, 0.25) is 0 Å². The van der Waals surface area contributed by atoms with Crippen molar-refractivity contribution in [1.82, 2.24) is 25.2 Å². The van der Waals surface area contributed by atoms with E-state index in [2.05, 4.69) is 20.5 Å². The summed E-state index contributed by atoms with van der Waals surface area (Å²) in [4.78, 5) is 16.0. The molecule has 0 aliphatic heterocycles. The van der Waals surface area contributed by atoms with Crippen LogP contribution in [0.15, 0.2) is 46.6 Å². The summed E-state index contributed by atoms with van der Waals surface area (Å²) in [6.07, 6.45) is 1.70. The van der Waals surface area contributed by atoms with Gasteiger partial charge in [0.1, 0.15) is 6.54 Å². The molecule has 7 nitrogen and oxygen atoms in total. The van der Waals surface area contributed by atoms with Crippen molar-refractivity contribution in [2.75, 3.05) is 0 Å². The Hall–Kier alpha value is -2.48. The second-order valence-corrected chi connectivity index (χ2v) is 4.95. The zero-order chi connectivity index (χ0) is 13.9. The van der Waals surface area contributed by atoms with Crippen molar-refractivity contribution in [1.29, 1.82) is 0 Å². The Kier molecular flexibility index (Phi) is 3.30. The molecule has 1 N–H and O–H groups in total. The van der Waals surface area contributed by atoms with Gasteiger partial charge in [-0.05, 0) is 34.3 Å². The molecular formula is C12H9N5O2S. The lowest BCUT2D eigenvalue weighted by atomic mass is 10.2. The summed E-state index contributed by atoms with van der Waals surface area (Å²) in [6, 6.07) is 9.56. The summed E-state index contributed by atoms with van der Waals surface area (Å²) < 4.78 is 1.25. The van der Waals surface area contributed by atoms with Crippen molar-refractivity contribution in [3.8, 4) is 0 Å². The minimum Gasteiger partial charge on any atom is -0.480 e. The molecule has 0 bridgehead atoms. The Morgan fingerprint density at radius 2 is 2.15 bits per heavy atom. The number of carboxylic acid groups (broad SMARTS) is 1. The number of para-hydroxylation sites is 1. The van der Waals surface area contributed by atoms with E-state index in [-0.39, 0.29) is 6.54 Å². The second kappa shape index (κ2) is 5.25. The Morgan fingerprint density at radius 3 is 3.00 bits per heavy atom. The minimum absolute atomic E-state index is 0.266. The smallest absolute Gasteiger partial charge is 0.325 e. The number of nitrogens with zero attached hydrogens (tertiary/aromatic N) is 5. The van der Waals surface area contributed by atoms with E-state index in [9.17, 15) is 4.79 Å². The number of aliphatic carboxylic acids is 1. The first-order valence-corrected chi connectivity index (χ1v) is 6.55. The fraction of sp³-hybridized carbons (Fsp3) is 0.0833. The molecule has 1 aromatic carbocycles. The van der Waals surface area contributed by atoms with E-state index in [4.69, 9.17) is 5.11 Å². The molecular weight excluding hydrogens is 278 g/mol. The van der Waals surface area contributed by atoms with Crippen molar-refractivity contribution in [2.24, 2.45) is 0 Å². The lowest BCUT2D eigenvalue weighted by Crippen LogP contribution is -2.11. The van der Waals surface area contributed by atoms with Gasteiger partial charge in [0.25, 0.3) is 0 Å². The zero-order valence-electron chi connectivity index (χ0n) is 10.2. The lowest BCUT2D eigenvalue weighted by Gasteiger charge is -2.04. The molecule has 3 aromatic rings. The van der Waals surface area contributed by atoms with Crippen LogP contribution in [0.1, 0.15) is 0 Å². The maximum Gasteiger partial charge on any atom is 0.325 e. The molecule has 0 unspecified atom stereocenters. The number of benzene rings is 1. The normalized spacial score (nSPS) is 10.8. The van der Waals surface area contributed by atoms with E-state index >= 15 is 0 Å². The molecule has 0 fully saturated rings. The van der Waals surface area contributed by atoms with Crippen molar-refractivity contribution in [2.45, 2.75) is 16.6 Å². The van der Waals surface area contributed by atoms with Gasteiger partial charge in [0.15, 0.2) is 0 Å². The molecule has 2 aromatic heterocycles. The lowest BCUT2D eigenvalue weighted by molar-refractivity contribution is -0.138. The Labute approximate surface area is 117 Å². The van der Waals surface area contributed by atoms with Gasteiger partial charge in [-0.2, -0.15) is 0 Å². The fourth-order valence-corrected chi connectivity index (χ4v) is 2.65. The van der Waals surface area contributed by atoms with Gasteiger partial charge in [0, 0.05) is 16.5 Å². The van der Waals surface area contributed by atoms with Crippen LogP contribution in [0.3, 0.4) is 0 Å². The van der Waals surface area contributed by atoms with E-state index in [0.29, 0.717) is 5.16 Å². The van der Waals surface area contributed by atoms with Gasteiger partial charge in [0.2, 0.25) is 5.16 Å². The molecule has 0 amide bonds. The maximum atomic E-state index is 10.7. The van der Waals surface area contributed by atoms with E-state index in [1.807, 2.05) is 30.3 Å². The van der Waals surface area contributed by atoms with E-state index in [0.717, 1.165) is 15.8 Å². The second-order valence-electron chi connectivity index (χ2n) is 3.94. The maximum absolute atomic E-state index is 10.7. The van der Waals surface area contributed by atoms with Crippen LogP contribution in [0.4, 0.5) is 0 Å². The van der Waals surface area contributed by atoms with Crippen LogP contribution in [0, 0.1) is 0 Å². The predicted octanol–water partition coefficient (Wildman–Crippen LogP) is 1.46. The third-order valence-electron chi connectivity index (χ3n) is 2.59. The average Bonchev–Trinajstić information content (AvgIpc) is 2.86. The first kappa shape index (κ1) is 12.5. The number of rotatable bonds is 4. The third kappa shape index (κ3) is 2.45. The highest BCUT2D eigenvalue weighted by Crippen LogP contribution is 2.30. The number of carbonyl (C=O) groups is 1. The fourth-order valence-electron chi connectivity index (χ4n) is 1.75. The van der Waals surface area contributed by atoms with Crippen molar-refractivity contribution in [3.63, 3.8) is 0 Å². The highest BCUT2D eigenvalue weighted by Gasteiger charge is 2.12. The van der Waals surface area contributed by atoms with Crippen LogP contribution >= 0.6 is 11.8 Å². The van der Waals surface area contributed by atoms with E-state index in [1.165, 1.54) is 16.4 Å².